The van der Waals surface area contributed by atoms with Crippen LogP contribution in [0.2, 0.25) is 10.0 Å². The van der Waals surface area contributed by atoms with Gasteiger partial charge in [-0.1, -0.05) is 29.3 Å². The summed E-state index contributed by atoms with van der Waals surface area (Å²) in [5.74, 6) is -2.19. The number of hydrogen-bond acceptors (Lipinski definition) is 3. The van der Waals surface area contributed by atoms with Crippen molar-refractivity contribution < 1.29 is 14.7 Å². The molecule has 0 bridgehead atoms. The van der Waals surface area contributed by atoms with E-state index in [1.54, 1.807) is 0 Å². The zero-order chi connectivity index (χ0) is 12.3. The summed E-state index contributed by atoms with van der Waals surface area (Å²) in [6.07, 6.45) is 0.724. The van der Waals surface area contributed by atoms with Gasteiger partial charge in [-0.15, -0.1) is 0 Å². The van der Waals surface area contributed by atoms with Crippen molar-refractivity contribution in [2.45, 2.75) is 0 Å². The molecule has 0 unspecified atom stereocenters. The number of aliphatic carboxylic acids is 1. The molecule has 0 aliphatic heterocycles. The molecule has 84 valence electrons. The number of carboxylic acids is 1. The van der Waals surface area contributed by atoms with E-state index < -0.39 is 17.3 Å². The van der Waals surface area contributed by atoms with Gasteiger partial charge in [-0.05, 0) is 12.1 Å². The van der Waals surface area contributed by atoms with E-state index >= 15 is 0 Å². The van der Waals surface area contributed by atoms with Crippen molar-refractivity contribution in [1.82, 2.24) is 0 Å². The fourth-order valence-electron chi connectivity index (χ4n) is 1.07. The molecule has 0 radical (unpaired) electrons. The van der Waals surface area contributed by atoms with E-state index in [1.165, 1.54) is 18.2 Å². The second kappa shape index (κ2) is 5.01. The maximum atomic E-state index is 11.7. The van der Waals surface area contributed by atoms with Gasteiger partial charge in [0.05, 0.1) is 10.0 Å². The molecule has 0 spiro atoms. The summed E-state index contributed by atoms with van der Waals surface area (Å²) in [7, 11) is 0. The molecule has 6 heteroatoms. The van der Waals surface area contributed by atoms with E-state index in [2.05, 4.69) is 0 Å². The smallest absolute Gasteiger partial charge is 0.341 e. The Hall–Kier alpha value is -1.52. The Morgan fingerprint density at radius 3 is 2.44 bits per heavy atom. The average Bonchev–Trinajstić information content (AvgIpc) is 2.22. The maximum Gasteiger partial charge on any atom is 0.341 e. The molecule has 3 N–H and O–H groups in total. The second-order valence-electron chi connectivity index (χ2n) is 2.82. The number of carboxylic acid groups (broad SMARTS) is 1. The van der Waals surface area contributed by atoms with E-state index in [4.69, 9.17) is 34.0 Å². The van der Waals surface area contributed by atoms with Crippen molar-refractivity contribution in [3.63, 3.8) is 0 Å². The second-order valence-corrected chi connectivity index (χ2v) is 3.60. The third-order valence-electron chi connectivity index (χ3n) is 1.84. The predicted octanol–water partition coefficient (Wildman–Crippen LogP) is 2.10. The van der Waals surface area contributed by atoms with Crippen molar-refractivity contribution >= 4 is 35.0 Å². The fraction of sp³-hybridized carbons (Fsp3) is 0. The molecule has 1 aromatic carbocycles. The van der Waals surface area contributed by atoms with Crippen LogP contribution in [-0.2, 0) is 4.79 Å². The molecule has 0 aliphatic carbocycles. The van der Waals surface area contributed by atoms with E-state index in [1.807, 2.05) is 0 Å². The zero-order valence-electron chi connectivity index (χ0n) is 7.91. The van der Waals surface area contributed by atoms with Gasteiger partial charge in [0, 0.05) is 11.8 Å². The lowest BCUT2D eigenvalue weighted by atomic mass is 10.0. The molecule has 0 fully saturated rings. The molecular weight excluding hydrogens is 253 g/mol. The molecule has 0 heterocycles. The predicted molar refractivity (Wildman–Crippen MR) is 60.7 cm³/mol. The van der Waals surface area contributed by atoms with Gasteiger partial charge < -0.3 is 10.8 Å². The Labute approximate surface area is 101 Å². The van der Waals surface area contributed by atoms with Crippen molar-refractivity contribution in [1.29, 1.82) is 0 Å². The molecule has 0 aliphatic rings. The molecule has 0 saturated carbocycles. The Morgan fingerprint density at radius 1 is 1.31 bits per heavy atom. The summed E-state index contributed by atoms with van der Waals surface area (Å²) in [5.41, 5.74) is 4.52. The molecule has 0 atom stereocenters. The van der Waals surface area contributed by atoms with Crippen LogP contribution in [0.4, 0.5) is 0 Å². The molecule has 1 rings (SSSR count). The lowest BCUT2D eigenvalue weighted by molar-refractivity contribution is -0.132. The summed E-state index contributed by atoms with van der Waals surface area (Å²) >= 11 is 11.5. The molecule has 0 amide bonds. The number of nitrogens with two attached hydrogens (primary N) is 1. The fourth-order valence-corrected chi connectivity index (χ4v) is 1.45. The standard InChI is InChI=1S/C10H7Cl2NO3/c11-7-3-1-2-5(8(7)12)9(14)6(4-13)10(15)16/h1-4H,13H2,(H,15,16)/b6-4-. The Bertz CT molecular complexity index is 483. The number of benzene rings is 1. The van der Waals surface area contributed by atoms with Crippen molar-refractivity contribution in [2.24, 2.45) is 5.73 Å². The lowest BCUT2D eigenvalue weighted by Crippen LogP contribution is -2.14. The zero-order valence-corrected chi connectivity index (χ0v) is 9.42. The quantitative estimate of drug-likeness (QED) is 0.377. The van der Waals surface area contributed by atoms with Crippen molar-refractivity contribution in [3.05, 3.63) is 45.6 Å². The van der Waals surface area contributed by atoms with Crippen LogP contribution in [0.1, 0.15) is 10.4 Å². The Morgan fingerprint density at radius 2 is 1.94 bits per heavy atom. The van der Waals surface area contributed by atoms with Crippen LogP contribution >= 0.6 is 23.2 Å². The molecular formula is C10H7Cl2NO3. The minimum absolute atomic E-state index is 0.00765. The van der Waals surface area contributed by atoms with Crippen molar-refractivity contribution in [2.75, 3.05) is 0 Å². The Balaban J connectivity index is 3.25. The summed E-state index contributed by atoms with van der Waals surface area (Å²) in [6.45, 7) is 0. The van der Waals surface area contributed by atoms with Gasteiger partial charge in [0.25, 0.3) is 0 Å². The average molecular weight is 260 g/mol. The number of hydrogen-bond donors (Lipinski definition) is 2. The molecule has 16 heavy (non-hydrogen) atoms. The highest BCUT2D eigenvalue weighted by Crippen LogP contribution is 2.27. The largest absolute Gasteiger partial charge is 0.477 e. The van der Waals surface area contributed by atoms with Crippen LogP contribution in [0, 0.1) is 0 Å². The molecule has 0 aromatic heterocycles. The van der Waals surface area contributed by atoms with Crippen LogP contribution in [0.25, 0.3) is 0 Å². The first-order valence-corrected chi connectivity index (χ1v) is 4.88. The summed E-state index contributed by atoms with van der Waals surface area (Å²) in [5, 5.41) is 8.90. The van der Waals surface area contributed by atoms with Gasteiger partial charge in [0.2, 0.25) is 5.78 Å². The number of rotatable bonds is 3. The van der Waals surface area contributed by atoms with Gasteiger partial charge in [-0.3, -0.25) is 4.79 Å². The van der Waals surface area contributed by atoms with Gasteiger partial charge >= 0.3 is 5.97 Å². The van der Waals surface area contributed by atoms with Crippen LogP contribution < -0.4 is 5.73 Å². The van der Waals surface area contributed by atoms with Crippen LogP contribution in [0.5, 0.6) is 0 Å². The van der Waals surface area contributed by atoms with E-state index in [9.17, 15) is 9.59 Å². The maximum absolute atomic E-state index is 11.7. The number of ketones is 1. The number of carbonyl (C=O) groups is 2. The minimum Gasteiger partial charge on any atom is -0.477 e. The monoisotopic (exact) mass is 259 g/mol. The van der Waals surface area contributed by atoms with Gasteiger partial charge in [0.15, 0.2) is 0 Å². The topological polar surface area (TPSA) is 80.4 Å². The SMILES string of the molecule is N/C=C(\C(=O)O)C(=O)c1cccc(Cl)c1Cl. The number of halogens is 2. The summed E-state index contributed by atoms with van der Waals surface area (Å²) in [6, 6.07) is 4.37. The normalized spacial score (nSPS) is 11.2. The van der Waals surface area contributed by atoms with Gasteiger partial charge in [0.1, 0.15) is 5.57 Å². The number of Topliss-reactive ketones (excluding diaryl/α,β-unsaturated/α-hetero) is 1. The third-order valence-corrected chi connectivity index (χ3v) is 2.66. The first-order chi connectivity index (χ1) is 7.49. The first kappa shape index (κ1) is 12.5. The van der Waals surface area contributed by atoms with Crippen LogP contribution in [0.15, 0.2) is 30.0 Å². The van der Waals surface area contributed by atoms with Crippen LogP contribution in [-0.4, -0.2) is 16.9 Å². The van der Waals surface area contributed by atoms with Crippen molar-refractivity contribution in [3.8, 4) is 0 Å². The van der Waals surface area contributed by atoms with E-state index in [-0.39, 0.29) is 15.6 Å². The summed E-state index contributed by atoms with van der Waals surface area (Å²) in [4.78, 5) is 22.4. The molecule has 1 aromatic rings. The third kappa shape index (κ3) is 2.35. The lowest BCUT2D eigenvalue weighted by Gasteiger charge is -2.04. The molecule has 0 saturated heterocycles. The van der Waals surface area contributed by atoms with Gasteiger partial charge in [-0.2, -0.15) is 0 Å². The van der Waals surface area contributed by atoms with E-state index in [0.29, 0.717) is 0 Å². The summed E-state index contributed by atoms with van der Waals surface area (Å²) < 4.78 is 0. The molecule has 4 nitrogen and oxygen atoms in total. The highest BCUT2D eigenvalue weighted by atomic mass is 35.5. The highest BCUT2D eigenvalue weighted by molar-refractivity contribution is 6.45. The highest BCUT2D eigenvalue weighted by Gasteiger charge is 2.21. The Kier molecular flexibility index (Phi) is 3.93. The minimum atomic E-state index is -1.41. The van der Waals surface area contributed by atoms with E-state index in [0.717, 1.165) is 6.20 Å². The van der Waals surface area contributed by atoms with Gasteiger partial charge in [-0.25, -0.2) is 4.79 Å². The first-order valence-electron chi connectivity index (χ1n) is 4.13. The van der Waals surface area contributed by atoms with Crippen LogP contribution in [0.3, 0.4) is 0 Å². The number of carbonyl (C=O) groups excluding carboxylic acids is 1.